The maximum Gasteiger partial charge on any atom is 0.342 e. The molecule has 2 rings (SSSR count). The standard InChI is InChI=1S/C16H11F2IO5/c17-16(18,15(22)23)13(9-4-2-1-3-5-9)24-14(21)11-7-6-10(19)8-12(11)20/h1-8,13,20H,(H,22,23)/p-1. The van der Waals surface area contributed by atoms with Gasteiger partial charge in [0.1, 0.15) is 17.3 Å². The minimum atomic E-state index is -4.45. The Kier molecular flexibility index (Phi) is 5.37. The van der Waals surface area contributed by atoms with Gasteiger partial charge in [0.25, 0.3) is 0 Å². The molecule has 24 heavy (non-hydrogen) atoms. The monoisotopic (exact) mass is 447 g/mol. The Morgan fingerprint density at radius 3 is 2.33 bits per heavy atom. The number of carbonyl (C=O) groups excluding carboxylic acids is 2. The fraction of sp³-hybridized carbons (Fsp3) is 0.125. The number of esters is 1. The minimum Gasteiger partial charge on any atom is -0.544 e. The number of hydrogen-bond acceptors (Lipinski definition) is 5. The van der Waals surface area contributed by atoms with Crippen LogP contribution in [0.15, 0.2) is 48.5 Å². The summed E-state index contributed by atoms with van der Waals surface area (Å²) < 4.78 is 33.2. The number of aliphatic carboxylic acids is 1. The molecule has 8 heteroatoms. The first kappa shape index (κ1) is 18.1. The van der Waals surface area contributed by atoms with Gasteiger partial charge in [0.05, 0.1) is 0 Å². The van der Waals surface area contributed by atoms with Crippen molar-refractivity contribution >= 4 is 34.5 Å². The Labute approximate surface area is 149 Å². The summed E-state index contributed by atoms with van der Waals surface area (Å²) in [6.07, 6.45) is -2.39. The van der Waals surface area contributed by atoms with E-state index in [0.29, 0.717) is 3.57 Å². The molecule has 5 nitrogen and oxygen atoms in total. The second-order valence-electron chi connectivity index (χ2n) is 4.77. The first-order chi connectivity index (χ1) is 11.2. The summed E-state index contributed by atoms with van der Waals surface area (Å²) in [5.74, 6) is -8.86. The van der Waals surface area contributed by atoms with Crippen molar-refractivity contribution in [2.24, 2.45) is 0 Å². The van der Waals surface area contributed by atoms with Crippen molar-refractivity contribution in [2.75, 3.05) is 0 Å². The topological polar surface area (TPSA) is 86.7 Å². The van der Waals surface area contributed by atoms with Crippen LogP contribution in [-0.2, 0) is 9.53 Å². The second kappa shape index (κ2) is 7.12. The van der Waals surface area contributed by atoms with Gasteiger partial charge < -0.3 is 19.7 Å². The normalized spacial score (nSPS) is 12.5. The van der Waals surface area contributed by atoms with Gasteiger partial charge in [-0.05, 0) is 46.4 Å². The first-order valence-electron chi connectivity index (χ1n) is 6.57. The van der Waals surface area contributed by atoms with Crippen LogP contribution in [0.3, 0.4) is 0 Å². The van der Waals surface area contributed by atoms with Crippen molar-refractivity contribution in [3.05, 3.63) is 63.2 Å². The molecule has 0 amide bonds. The Bertz CT molecular complexity index is 764. The molecule has 0 saturated carbocycles. The number of rotatable bonds is 5. The fourth-order valence-corrected chi connectivity index (χ4v) is 2.41. The van der Waals surface area contributed by atoms with E-state index in [-0.39, 0.29) is 11.1 Å². The number of carboxylic acids is 1. The number of phenolic OH excluding ortho intramolecular Hbond substituents is 1. The van der Waals surface area contributed by atoms with E-state index in [1.807, 2.05) is 22.6 Å². The van der Waals surface area contributed by atoms with E-state index in [1.54, 1.807) is 0 Å². The minimum absolute atomic E-state index is 0.218. The number of carboxylic acid groups (broad SMARTS) is 1. The third kappa shape index (κ3) is 3.81. The van der Waals surface area contributed by atoms with E-state index in [1.165, 1.54) is 48.5 Å². The van der Waals surface area contributed by atoms with Crippen molar-refractivity contribution in [3.8, 4) is 5.75 Å². The lowest BCUT2D eigenvalue weighted by Crippen LogP contribution is -2.47. The highest BCUT2D eigenvalue weighted by molar-refractivity contribution is 14.1. The molecule has 0 aliphatic carbocycles. The average molecular weight is 447 g/mol. The largest absolute Gasteiger partial charge is 0.544 e. The molecule has 0 aliphatic rings. The fourth-order valence-electron chi connectivity index (χ4n) is 1.93. The second-order valence-corrected chi connectivity index (χ2v) is 6.01. The summed E-state index contributed by atoms with van der Waals surface area (Å²) in [6, 6.07) is 10.6. The number of alkyl halides is 2. The van der Waals surface area contributed by atoms with E-state index in [9.17, 15) is 28.6 Å². The zero-order valence-corrected chi connectivity index (χ0v) is 14.1. The van der Waals surface area contributed by atoms with Gasteiger partial charge in [-0.15, -0.1) is 0 Å². The number of hydrogen-bond donors (Lipinski definition) is 1. The van der Waals surface area contributed by atoms with Crippen molar-refractivity contribution < 1.29 is 33.3 Å². The highest BCUT2D eigenvalue weighted by Crippen LogP contribution is 2.35. The molecule has 0 aliphatic heterocycles. The van der Waals surface area contributed by atoms with Gasteiger partial charge in [0.15, 0.2) is 6.10 Å². The van der Waals surface area contributed by atoms with Crippen molar-refractivity contribution in [1.29, 1.82) is 0 Å². The summed E-state index contributed by atoms with van der Waals surface area (Å²) in [6.45, 7) is 0. The Balaban J connectivity index is 2.38. The summed E-state index contributed by atoms with van der Waals surface area (Å²) >= 11 is 1.88. The van der Waals surface area contributed by atoms with Gasteiger partial charge >= 0.3 is 11.9 Å². The molecule has 0 bridgehead atoms. The van der Waals surface area contributed by atoms with Gasteiger partial charge in [0, 0.05) is 3.57 Å². The van der Waals surface area contributed by atoms with Crippen LogP contribution in [0, 0.1) is 3.57 Å². The molecule has 2 aromatic rings. The highest BCUT2D eigenvalue weighted by Gasteiger charge is 2.45. The molecule has 0 radical (unpaired) electrons. The highest BCUT2D eigenvalue weighted by atomic mass is 127. The van der Waals surface area contributed by atoms with Crippen LogP contribution in [0.1, 0.15) is 22.0 Å². The summed E-state index contributed by atoms with van der Waals surface area (Å²) in [5, 5.41) is 20.5. The predicted molar refractivity (Wildman–Crippen MR) is 85.4 cm³/mol. The van der Waals surface area contributed by atoms with E-state index in [4.69, 9.17) is 4.74 Å². The quantitative estimate of drug-likeness (QED) is 0.562. The molecular formula is C16H10F2IO5-. The molecule has 0 aromatic heterocycles. The molecule has 0 saturated heterocycles. The van der Waals surface area contributed by atoms with Gasteiger partial charge in [-0.3, -0.25) is 0 Å². The number of aromatic hydroxyl groups is 1. The van der Waals surface area contributed by atoms with Crippen LogP contribution in [0.2, 0.25) is 0 Å². The molecular weight excluding hydrogens is 437 g/mol. The maximum atomic E-state index is 13.9. The lowest BCUT2D eigenvalue weighted by atomic mass is 10.0. The first-order valence-corrected chi connectivity index (χ1v) is 7.65. The lowest BCUT2D eigenvalue weighted by molar-refractivity contribution is -0.336. The lowest BCUT2D eigenvalue weighted by Gasteiger charge is -2.27. The Morgan fingerprint density at radius 1 is 1.17 bits per heavy atom. The molecule has 1 atom stereocenters. The number of carbonyl (C=O) groups is 2. The average Bonchev–Trinajstić information content (AvgIpc) is 2.52. The molecule has 0 fully saturated rings. The number of benzene rings is 2. The zero-order valence-electron chi connectivity index (χ0n) is 11.9. The third-order valence-electron chi connectivity index (χ3n) is 3.11. The van der Waals surface area contributed by atoms with E-state index < -0.39 is 29.7 Å². The number of ether oxygens (including phenoxy) is 1. The van der Waals surface area contributed by atoms with Crippen molar-refractivity contribution in [1.82, 2.24) is 0 Å². The summed E-state index contributed by atoms with van der Waals surface area (Å²) in [4.78, 5) is 22.9. The molecule has 0 heterocycles. The van der Waals surface area contributed by atoms with Gasteiger partial charge in [-0.2, -0.15) is 8.78 Å². The van der Waals surface area contributed by atoms with Gasteiger partial charge in [-0.1, -0.05) is 30.3 Å². The van der Waals surface area contributed by atoms with Crippen LogP contribution in [0.5, 0.6) is 5.75 Å². The van der Waals surface area contributed by atoms with Crippen LogP contribution in [0.4, 0.5) is 8.78 Å². The van der Waals surface area contributed by atoms with Crippen LogP contribution < -0.4 is 5.11 Å². The Morgan fingerprint density at radius 2 is 1.79 bits per heavy atom. The van der Waals surface area contributed by atoms with Crippen LogP contribution in [0.25, 0.3) is 0 Å². The Hall–Kier alpha value is -2.23. The van der Waals surface area contributed by atoms with E-state index in [0.717, 1.165) is 0 Å². The molecule has 1 unspecified atom stereocenters. The van der Waals surface area contributed by atoms with E-state index >= 15 is 0 Å². The van der Waals surface area contributed by atoms with E-state index in [2.05, 4.69) is 0 Å². The van der Waals surface area contributed by atoms with Crippen molar-refractivity contribution in [3.63, 3.8) is 0 Å². The molecule has 126 valence electrons. The smallest absolute Gasteiger partial charge is 0.342 e. The molecule has 0 spiro atoms. The summed E-state index contributed by atoms with van der Waals surface area (Å²) in [7, 11) is 0. The summed E-state index contributed by atoms with van der Waals surface area (Å²) in [5.41, 5.74) is -0.574. The predicted octanol–water partition coefficient (Wildman–Crippen LogP) is 2.28. The SMILES string of the molecule is O=C(OC(c1ccccc1)C(F)(F)C(=O)[O-])c1ccc(I)cc1O. The zero-order chi connectivity index (χ0) is 17.9. The molecule has 1 N–H and O–H groups in total. The third-order valence-corrected chi connectivity index (χ3v) is 3.78. The van der Waals surface area contributed by atoms with Gasteiger partial charge in [-0.25, -0.2) is 4.79 Å². The van der Waals surface area contributed by atoms with Crippen LogP contribution >= 0.6 is 22.6 Å². The van der Waals surface area contributed by atoms with Gasteiger partial charge in [0.2, 0.25) is 0 Å². The number of halogens is 3. The maximum absolute atomic E-state index is 13.9. The number of phenols is 1. The van der Waals surface area contributed by atoms with Crippen LogP contribution in [-0.4, -0.2) is 23.0 Å². The molecule has 2 aromatic carbocycles. The van der Waals surface area contributed by atoms with Crippen molar-refractivity contribution in [2.45, 2.75) is 12.0 Å².